The summed E-state index contributed by atoms with van der Waals surface area (Å²) < 4.78 is 41.6. The van der Waals surface area contributed by atoms with Crippen LogP contribution < -0.4 is 0 Å². The fraction of sp³-hybridized carbons (Fsp3) is 0.625. The standard InChI is InChI=1S/C16H22N2O7S/c1-23-16(20)12-4-6-17(7-5-12)15(19)13-2-3-14(25-13)26(21,22)18-8-10-24-11-9-18/h2-3,12H,4-11H2,1H3. The lowest BCUT2D eigenvalue weighted by Crippen LogP contribution is -2.41. The summed E-state index contributed by atoms with van der Waals surface area (Å²) in [4.78, 5) is 25.7. The number of hydrogen-bond donors (Lipinski definition) is 0. The van der Waals surface area contributed by atoms with Gasteiger partial charge in [-0.05, 0) is 25.0 Å². The van der Waals surface area contributed by atoms with Crippen molar-refractivity contribution in [1.29, 1.82) is 0 Å². The van der Waals surface area contributed by atoms with Gasteiger partial charge in [-0.15, -0.1) is 0 Å². The summed E-state index contributed by atoms with van der Waals surface area (Å²) in [5.74, 6) is -0.878. The van der Waals surface area contributed by atoms with E-state index in [-0.39, 0.29) is 41.7 Å². The fourth-order valence-corrected chi connectivity index (χ4v) is 4.45. The van der Waals surface area contributed by atoms with Crippen molar-refractivity contribution in [2.24, 2.45) is 5.92 Å². The molecule has 1 aromatic heterocycles. The molecule has 10 heteroatoms. The smallest absolute Gasteiger partial charge is 0.308 e. The predicted molar refractivity (Wildman–Crippen MR) is 88.9 cm³/mol. The van der Waals surface area contributed by atoms with Crippen molar-refractivity contribution in [3.8, 4) is 0 Å². The predicted octanol–water partition coefficient (Wildman–Crippen LogP) is 0.326. The summed E-state index contributed by atoms with van der Waals surface area (Å²) in [6.07, 6.45) is 1.02. The first kappa shape index (κ1) is 18.9. The lowest BCUT2D eigenvalue weighted by molar-refractivity contribution is -0.146. The van der Waals surface area contributed by atoms with Gasteiger partial charge in [0.1, 0.15) is 0 Å². The Morgan fingerprint density at radius 2 is 1.77 bits per heavy atom. The van der Waals surface area contributed by atoms with Gasteiger partial charge >= 0.3 is 5.97 Å². The molecule has 0 aliphatic carbocycles. The molecule has 2 saturated heterocycles. The molecule has 0 radical (unpaired) electrons. The fourth-order valence-electron chi connectivity index (χ4n) is 3.13. The van der Waals surface area contributed by atoms with Crippen LogP contribution in [0.1, 0.15) is 23.4 Å². The molecule has 0 aromatic carbocycles. The highest BCUT2D eigenvalue weighted by atomic mass is 32.2. The van der Waals surface area contributed by atoms with E-state index in [2.05, 4.69) is 0 Å². The minimum atomic E-state index is -3.77. The number of methoxy groups -OCH3 is 1. The van der Waals surface area contributed by atoms with Crippen molar-refractivity contribution >= 4 is 21.9 Å². The summed E-state index contributed by atoms with van der Waals surface area (Å²) in [6.45, 7) is 1.97. The molecule has 0 spiro atoms. The van der Waals surface area contributed by atoms with E-state index in [1.165, 1.54) is 23.5 Å². The van der Waals surface area contributed by atoms with Crippen molar-refractivity contribution in [2.45, 2.75) is 17.9 Å². The summed E-state index contributed by atoms with van der Waals surface area (Å²) >= 11 is 0. The van der Waals surface area contributed by atoms with Crippen molar-refractivity contribution in [1.82, 2.24) is 9.21 Å². The first-order valence-electron chi connectivity index (χ1n) is 8.48. The molecule has 0 atom stereocenters. The lowest BCUT2D eigenvalue weighted by atomic mass is 9.97. The number of likely N-dealkylation sites (tertiary alicyclic amines) is 1. The van der Waals surface area contributed by atoms with Gasteiger partial charge in [-0.1, -0.05) is 0 Å². The first-order valence-corrected chi connectivity index (χ1v) is 9.92. The Bertz CT molecular complexity index is 759. The highest BCUT2D eigenvalue weighted by Crippen LogP contribution is 2.23. The molecule has 0 saturated carbocycles. The van der Waals surface area contributed by atoms with E-state index in [0.29, 0.717) is 39.1 Å². The summed E-state index contributed by atoms with van der Waals surface area (Å²) in [5.41, 5.74) is 0. The van der Waals surface area contributed by atoms with Gasteiger partial charge < -0.3 is 18.8 Å². The van der Waals surface area contributed by atoms with Gasteiger partial charge in [0.15, 0.2) is 5.76 Å². The molecule has 2 aliphatic rings. The van der Waals surface area contributed by atoms with E-state index in [9.17, 15) is 18.0 Å². The minimum absolute atomic E-state index is 0.0200. The molecule has 0 N–H and O–H groups in total. The van der Waals surface area contributed by atoms with E-state index in [1.54, 1.807) is 4.90 Å². The van der Waals surface area contributed by atoms with Crippen LogP contribution in [0.25, 0.3) is 0 Å². The second-order valence-electron chi connectivity index (χ2n) is 6.22. The summed E-state index contributed by atoms with van der Waals surface area (Å²) in [7, 11) is -2.43. The largest absolute Gasteiger partial charge is 0.469 e. The van der Waals surface area contributed by atoms with Gasteiger partial charge in [0, 0.05) is 26.2 Å². The van der Waals surface area contributed by atoms with Crippen LogP contribution in [0, 0.1) is 5.92 Å². The zero-order chi connectivity index (χ0) is 18.7. The Kier molecular flexibility index (Phi) is 5.64. The maximum atomic E-state index is 12.6. The van der Waals surface area contributed by atoms with Crippen LogP contribution in [0.15, 0.2) is 21.6 Å². The molecule has 26 heavy (non-hydrogen) atoms. The number of carbonyl (C=O) groups is 2. The van der Waals surface area contributed by atoms with Crippen LogP contribution >= 0.6 is 0 Å². The number of furan rings is 1. The van der Waals surface area contributed by atoms with Gasteiger partial charge in [0.05, 0.1) is 26.2 Å². The van der Waals surface area contributed by atoms with Gasteiger partial charge in [-0.3, -0.25) is 9.59 Å². The Morgan fingerprint density at radius 1 is 1.12 bits per heavy atom. The summed E-state index contributed by atoms with van der Waals surface area (Å²) in [6, 6.07) is 2.68. The normalized spacial score (nSPS) is 20.1. The third-order valence-corrected chi connectivity index (χ3v) is 6.45. The molecule has 144 valence electrons. The van der Waals surface area contributed by atoms with Crippen LogP contribution in [0.4, 0.5) is 0 Å². The van der Waals surface area contributed by atoms with E-state index in [0.717, 1.165) is 0 Å². The van der Waals surface area contributed by atoms with Gasteiger partial charge in [0.2, 0.25) is 5.09 Å². The first-order chi connectivity index (χ1) is 12.4. The SMILES string of the molecule is COC(=O)C1CCN(C(=O)c2ccc(S(=O)(=O)N3CCOCC3)o2)CC1. The number of rotatable bonds is 4. The number of ether oxygens (including phenoxy) is 2. The summed E-state index contributed by atoms with van der Waals surface area (Å²) in [5, 5.41) is -0.243. The third kappa shape index (κ3) is 3.76. The van der Waals surface area contributed by atoms with E-state index in [1.807, 2.05) is 0 Å². The van der Waals surface area contributed by atoms with Crippen molar-refractivity contribution in [3.63, 3.8) is 0 Å². The molecule has 3 rings (SSSR count). The van der Waals surface area contributed by atoms with E-state index in [4.69, 9.17) is 13.9 Å². The molecule has 2 aliphatic heterocycles. The zero-order valence-corrected chi connectivity index (χ0v) is 15.4. The topological polar surface area (TPSA) is 106 Å². The molecule has 9 nitrogen and oxygen atoms in total. The average Bonchev–Trinajstić information content (AvgIpc) is 3.18. The molecule has 0 unspecified atom stereocenters. The average molecular weight is 386 g/mol. The third-order valence-electron chi connectivity index (χ3n) is 4.67. The maximum absolute atomic E-state index is 12.6. The monoisotopic (exact) mass is 386 g/mol. The lowest BCUT2D eigenvalue weighted by Gasteiger charge is -2.30. The highest BCUT2D eigenvalue weighted by molar-refractivity contribution is 7.89. The van der Waals surface area contributed by atoms with E-state index >= 15 is 0 Å². The number of morpholine rings is 1. The second-order valence-corrected chi connectivity index (χ2v) is 8.09. The van der Waals surface area contributed by atoms with Crippen LogP contribution in [-0.4, -0.2) is 76.0 Å². The van der Waals surface area contributed by atoms with Crippen molar-refractivity contribution < 1.29 is 31.9 Å². The number of amides is 1. The molecular weight excluding hydrogens is 364 g/mol. The number of sulfonamides is 1. The molecule has 1 aromatic rings. The number of piperidine rings is 1. The molecular formula is C16H22N2O7S. The quantitative estimate of drug-likeness (QED) is 0.686. The number of esters is 1. The van der Waals surface area contributed by atoms with Crippen LogP contribution in [0.5, 0.6) is 0 Å². The zero-order valence-electron chi connectivity index (χ0n) is 14.5. The second kappa shape index (κ2) is 7.77. The number of nitrogens with zero attached hydrogens (tertiary/aromatic N) is 2. The Balaban J connectivity index is 1.66. The van der Waals surface area contributed by atoms with Crippen molar-refractivity contribution in [3.05, 3.63) is 17.9 Å². The van der Waals surface area contributed by atoms with Crippen LogP contribution in [-0.2, 0) is 24.3 Å². The Hall–Kier alpha value is -1.91. The van der Waals surface area contributed by atoms with Gasteiger partial charge in [-0.2, -0.15) is 4.31 Å². The minimum Gasteiger partial charge on any atom is -0.469 e. The number of hydrogen-bond acceptors (Lipinski definition) is 7. The van der Waals surface area contributed by atoms with Gasteiger partial charge in [0.25, 0.3) is 15.9 Å². The van der Waals surface area contributed by atoms with Gasteiger partial charge in [-0.25, -0.2) is 8.42 Å². The highest BCUT2D eigenvalue weighted by Gasteiger charge is 2.32. The molecule has 1 amide bonds. The van der Waals surface area contributed by atoms with Crippen molar-refractivity contribution in [2.75, 3.05) is 46.5 Å². The Morgan fingerprint density at radius 3 is 2.38 bits per heavy atom. The maximum Gasteiger partial charge on any atom is 0.308 e. The van der Waals surface area contributed by atoms with Crippen LogP contribution in [0.3, 0.4) is 0 Å². The number of carbonyl (C=O) groups excluding carboxylic acids is 2. The molecule has 0 bridgehead atoms. The van der Waals surface area contributed by atoms with E-state index < -0.39 is 10.0 Å². The Labute approximate surface area is 151 Å². The molecule has 3 heterocycles. The van der Waals surface area contributed by atoms with Crippen LogP contribution in [0.2, 0.25) is 0 Å². The molecule has 2 fully saturated rings.